The molecular formula is C15H31N. The molecule has 1 nitrogen and oxygen atoms in total. The molecule has 1 aliphatic rings. The fourth-order valence-electron chi connectivity index (χ4n) is 2.90. The SMILES string of the molecule is CCCNC(CC(CC)CC)C1CC1(C)C. The molecule has 2 unspecified atom stereocenters. The van der Waals surface area contributed by atoms with Crippen LogP contribution in [-0.2, 0) is 0 Å². The summed E-state index contributed by atoms with van der Waals surface area (Å²) in [4.78, 5) is 0. The third-order valence-electron chi connectivity index (χ3n) is 4.47. The van der Waals surface area contributed by atoms with Gasteiger partial charge in [0.1, 0.15) is 0 Å². The lowest BCUT2D eigenvalue weighted by Gasteiger charge is -2.24. The maximum absolute atomic E-state index is 3.79. The van der Waals surface area contributed by atoms with Gasteiger partial charge >= 0.3 is 0 Å². The molecule has 1 N–H and O–H groups in total. The van der Waals surface area contributed by atoms with Gasteiger partial charge in [-0.15, -0.1) is 0 Å². The van der Waals surface area contributed by atoms with Gasteiger partial charge in [0.2, 0.25) is 0 Å². The van der Waals surface area contributed by atoms with E-state index in [1.807, 2.05) is 0 Å². The maximum Gasteiger partial charge on any atom is 0.0103 e. The summed E-state index contributed by atoms with van der Waals surface area (Å²) in [6, 6.07) is 0.778. The maximum atomic E-state index is 3.79. The Bertz CT molecular complexity index is 194. The van der Waals surface area contributed by atoms with E-state index < -0.39 is 0 Å². The Morgan fingerprint density at radius 2 is 1.75 bits per heavy atom. The van der Waals surface area contributed by atoms with Gasteiger partial charge < -0.3 is 5.32 Å². The summed E-state index contributed by atoms with van der Waals surface area (Å²) in [5.41, 5.74) is 0.609. The van der Waals surface area contributed by atoms with Gasteiger partial charge in [-0.25, -0.2) is 0 Å². The molecule has 0 saturated heterocycles. The van der Waals surface area contributed by atoms with Crippen LogP contribution in [0.3, 0.4) is 0 Å². The first kappa shape index (κ1) is 14.0. The first-order valence-corrected chi connectivity index (χ1v) is 7.28. The van der Waals surface area contributed by atoms with Gasteiger partial charge in [0.05, 0.1) is 0 Å². The lowest BCUT2D eigenvalue weighted by atomic mass is 9.90. The monoisotopic (exact) mass is 225 g/mol. The highest BCUT2D eigenvalue weighted by atomic mass is 14.9. The second kappa shape index (κ2) is 6.05. The fraction of sp³-hybridized carbons (Fsp3) is 1.00. The molecule has 16 heavy (non-hydrogen) atoms. The van der Waals surface area contributed by atoms with E-state index in [-0.39, 0.29) is 0 Å². The van der Waals surface area contributed by atoms with Gasteiger partial charge in [0.15, 0.2) is 0 Å². The third-order valence-corrected chi connectivity index (χ3v) is 4.47. The van der Waals surface area contributed by atoms with Gasteiger partial charge in [-0.1, -0.05) is 47.5 Å². The van der Waals surface area contributed by atoms with Gasteiger partial charge in [0.25, 0.3) is 0 Å². The topological polar surface area (TPSA) is 12.0 Å². The molecule has 0 spiro atoms. The van der Waals surface area contributed by atoms with Crippen molar-refractivity contribution in [2.75, 3.05) is 6.54 Å². The average Bonchev–Trinajstić information content (AvgIpc) is 2.88. The smallest absolute Gasteiger partial charge is 0.0103 e. The van der Waals surface area contributed by atoms with Crippen LogP contribution in [0.15, 0.2) is 0 Å². The van der Waals surface area contributed by atoms with Crippen molar-refractivity contribution >= 4 is 0 Å². The summed E-state index contributed by atoms with van der Waals surface area (Å²) in [6.45, 7) is 13.0. The highest BCUT2D eigenvalue weighted by molar-refractivity contribution is 5.02. The first-order valence-electron chi connectivity index (χ1n) is 7.28. The molecule has 1 aliphatic carbocycles. The molecule has 1 heteroatoms. The molecular weight excluding hydrogens is 194 g/mol. The normalized spacial score (nSPS) is 24.8. The molecule has 0 aromatic heterocycles. The summed E-state index contributed by atoms with van der Waals surface area (Å²) >= 11 is 0. The van der Waals surface area contributed by atoms with Crippen LogP contribution in [0.1, 0.15) is 66.7 Å². The summed E-state index contributed by atoms with van der Waals surface area (Å²) < 4.78 is 0. The van der Waals surface area contributed by atoms with E-state index in [1.54, 1.807) is 0 Å². The van der Waals surface area contributed by atoms with E-state index in [0.29, 0.717) is 5.41 Å². The lowest BCUT2D eigenvalue weighted by molar-refractivity contribution is 0.316. The minimum atomic E-state index is 0.609. The molecule has 1 saturated carbocycles. The zero-order valence-electron chi connectivity index (χ0n) is 12.0. The average molecular weight is 225 g/mol. The van der Waals surface area contributed by atoms with E-state index in [9.17, 15) is 0 Å². The molecule has 0 aromatic carbocycles. The van der Waals surface area contributed by atoms with E-state index in [2.05, 4.69) is 39.9 Å². The van der Waals surface area contributed by atoms with Crippen molar-refractivity contribution in [3.63, 3.8) is 0 Å². The Kier molecular flexibility index (Phi) is 5.30. The summed E-state index contributed by atoms with van der Waals surface area (Å²) in [5, 5.41) is 3.79. The lowest BCUT2D eigenvalue weighted by Crippen LogP contribution is -2.35. The van der Waals surface area contributed by atoms with Gasteiger partial charge in [-0.2, -0.15) is 0 Å². The molecule has 0 bridgehead atoms. The predicted molar refractivity (Wildman–Crippen MR) is 72.7 cm³/mol. The Balaban J connectivity index is 2.44. The minimum absolute atomic E-state index is 0.609. The quantitative estimate of drug-likeness (QED) is 0.652. The Hall–Kier alpha value is -0.0400. The zero-order chi connectivity index (χ0) is 12.2. The van der Waals surface area contributed by atoms with Crippen LogP contribution in [-0.4, -0.2) is 12.6 Å². The van der Waals surface area contributed by atoms with Crippen LogP contribution in [0.5, 0.6) is 0 Å². The largest absolute Gasteiger partial charge is 0.314 e. The molecule has 1 rings (SSSR count). The highest BCUT2D eigenvalue weighted by Crippen LogP contribution is 2.54. The zero-order valence-corrected chi connectivity index (χ0v) is 12.0. The number of hydrogen-bond donors (Lipinski definition) is 1. The van der Waals surface area contributed by atoms with Crippen LogP contribution >= 0.6 is 0 Å². The van der Waals surface area contributed by atoms with E-state index >= 15 is 0 Å². The molecule has 0 aromatic rings. The first-order chi connectivity index (χ1) is 7.55. The molecule has 0 heterocycles. The van der Waals surface area contributed by atoms with E-state index in [4.69, 9.17) is 0 Å². The van der Waals surface area contributed by atoms with Gasteiger partial charge in [-0.3, -0.25) is 0 Å². The van der Waals surface area contributed by atoms with Crippen molar-refractivity contribution < 1.29 is 0 Å². The Morgan fingerprint density at radius 1 is 1.19 bits per heavy atom. The predicted octanol–water partition coefficient (Wildman–Crippen LogP) is 4.23. The summed E-state index contributed by atoms with van der Waals surface area (Å²) in [5.74, 6) is 1.85. The molecule has 0 amide bonds. The standard InChI is InChI=1S/C15H31N/c1-6-9-16-14(10-12(7-2)8-3)13-11-15(13,4)5/h12-14,16H,6-11H2,1-5H3. The van der Waals surface area contributed by atoms with Crippen LogP contribution in [0.25, 0.3) is 0 Å². The Labute approximate surface area is 102 Å². The molecule has 96 valence electrons. The Morgan fingerprint density at radius 3 is 2.12 bits per heavy atom. The van der Waals surface area contributed by atoms with Crippen molar-refractivity contribution in [1.82, 2.24) is 5.32 Å². The molecule has 2 atom stereocenters. The van der Waals surface area contributed by atoms with Crippen molar-refractivity contribution in [1.29, 1.82) is 0 Å². The van der Waals surface area contributed by atoms with E-state index in [0.717, 1.165) is 17.9 Å². The summed E-state index contributed by atoms with van der Waals surface area (Å²) in [6.07, 6.45) is 6.75. The second-order valence-electron chi connectivity index (χ2n) is 6.28. The van der Waals surface area contributed by atoms with Gasteiger partial charge in [0, 0.05) is 6.04 Å². The van der Waals surface area contributed by atoms with E-state index in [1.165, 1.54) is 38.6 Å². The minimum Gasteiger partial charge on any atom is -0.314 e. The van der Waals surface area contributed by atoms with Crippen LogP contribution < -0.4 is 5.32 Å². The van der Waals surface area contributed by atoms with Crippen molar-refractivity contribution in [3.8, 4) is 0 Å². The second-order valence-corrected chi connectivity index (χ2v) is 6.28. The van der Waals surface area contributed by atoms with Crippen LogP contribution in [0, 0.1) is 17.3 Å². The van der Waals surface area contributed by atoms with Crippen molar-refractivity contribution in [2.45, 2.75) is 72.8 Å². The van der Waals surface area contributed by atoms with Crippen LogP contribution in [0.4, 0.5) is 0 Å². The third kappa shape index (κ3) is 3.76. The molecule has 0 radical (unpaired) electrons. The van der Waals surface area contributed by atoms with Gasteiger partial charge in [-0.05, 0) is 43.1 Å². The summed E-state index contributed by atoms with van der Waals surface area (Å²) in [7, 11) is 0. The fourth-order valence-corrected chi connectivity index (χ4v) is 2.90. The van der Waals surface area contributed by atoms with Crippen molar-refractivity contribution in [3.05, 3.63) is 0 Å². The highest BCUT2D eigenvalue weighted by Gasteiger charge is 2.49. The molecule has 0 aliphatic heterocycles. The number of nitrogens with one attached hydrogen (secondary N) is 1. The molecule has 1 fully saturated rings. The number of rotatable bonds is 8. The number of hydrogen-bond acceptors (Lipinski definition) is 1. The van der Waals surface area contributed by atoms with Crippen LogP contribution in [0.2, 0.25) is 0 Å². The van der Waals surface area contributed by atoms with Crippen molar-refractivity contribution in [2.24, 2.45) is 17.3 Å².